The van der Waals surface area contributed by atoms with Crippen LogP contribution in [0.4, 0.5) is 0 Å². The molecule has 0 radical (unpaired) electrons. The summed E-state index contributed by atoms with van der Waals surface area (Å²) in [5.74, 6) is -1.03. The van der Waals surface area contributed by atoms with E-state index in [2.05, 4.69) is 5.32 Å². The molecule has 1 aliphatic rings. The molecule has 1 aromatic carbocycles. The van der Waals surface area contributed by atoms with Gasteiger partial charge in [0.1, 0.15) is 6.04 Å². The van der Waals surface area contributed by atoms with Gasteiger partial charge < -0.3 is 15.3 Å². The molecule has 104 valence electrons. The van der Waals surface area contributed by atoms with Crippen molar-refractivity contribution in [1.82, 2.24) is 10.2 Å². The molecule has 1 saturated heterocycles. The van der Waals surface area contributed by atoms with Gasteiger partial charge in [-0.15, -0.1) is 12.4 Å². The number of carboxylic acid groups (broad SMARTS) is 1. The van der Waals surface area contributed by atoms with Crippen molar-refractivity contribution in [1.29, 1.82) is 0 Å². The van der Waals surface area contributed by atoms with Crippen LogP contribution in [-0.4, -0.2) is 47.6 Å². The van der Waals surface area contributed by atoms with Crippen LogP contribution in [0.3, 0.4) is 0 Å². The molecule has 1 fully saturated rings. The summed E-state index contributed by atoms with van der Waals surface area (Å²) in [5, 5.41) is 11.8. The topological polar surface area (TPSA) is 69.6 Å². The molecule has 1 aliphatic heterocycles. The average molecular weight is 285 g/mol. The fourth-order valence-corrected chi connectivity index (χ4v) is 1.98. The second-order valence-corrected chi connectivity index (χ2v) is 4.46. The minimum atomic E-state index is -0.920. The molecule has 0 aliphatic carbocycles. The Morgan fingerprint density at radius 1 is 1.32 bits per heavy atom. The molecule has 0 saturated carbocycles. The Morgan fingerprint density at radius 2 is 1.95 bits per heavy atom. The lowest BCUT2D eigenvalue weighted by Crippen LogP contribution is -2.55. The first-order valence-electron chi connectivity index (χ1n) is 5.90. The van der Waals surface area contributed by atoms with E-state index in [1.165, 1.54) is 0 Å². The maximum atomic E-state index is 12.2. The van der Waals surface area contributed by atoms with E-state index in [0.29, 0.717) is 18.7 Å². The summed E-state index contributed by atoms with van der Waals surface area (Å²) in [7, 11) is 0. The number of aliphatic carboxylic acids is 1. The fraction of sp³-hybridized carbons (Fsp3) is 0.385. The van der Waals surface area contributed by atoms with Crippen LogP contribution in [0.1, 0.15) is 15.9 Å². The lowest BCUT2D eigenvalue weighted by atomic mass is 10.1. The van der Waals surface area contributed by atoms with Crippen LogP contribution in [0.2, 0.25) is 0 Å². The number of benzene rings is 1. The molecule has 2 rings (SSSR count). The predicted octanol–water partition coefficient (Wildman–Crippen LogP) is 0.915. The fourth-order valence-electron chi connectivity index (χ4n) is 1.98. The Balaban J connectivity index is 0.00000180. The zero-order chi connectivity index (χ0) is 13.1. The molecule has 19 heavy (non-hydrogen) atoms. The number of carboxylic acids is 1. The largest absolute Gasteiger partial charge is 0.480 e. The van der Waals surface area contributed by atoms with Gasteiger partial charge in [0.2, 0.25) is 0 Å². The van der Waals surface area contributed by atoms with Gasteiger partial charge in [0, 0.05) is 25.2 Å². The highest BCUT2D eigenvalue weighted by Gasteiger charge is 2.28. The number of nitrogens with one attached hydrogen (secondary N) is 1. The zero-order valence-electron chi connectivity index (χ0n) is 10.6. The maximum absolute atomic E-state index is 12.2. The van der Waals surface area contributed by atoms with Crippen molar-refractivity contribution in [3.63, 3.8) is 0 Å². The van der Waals surface area contributed by atoms with Crippen LogP contribution < -0.4 is 5.32 Å². The van der Waals surface area contributed by atoms with Crippen molar-refractivity contribution in [2.24, 2.45) is 0 Å². The molecule has 1 aromatic rings. The van der Waals surface area contributed by atoms with Gasteiger partial charge in [-0.3, -0.25) is 9.59 Å². The molecular formula is C13H17ClN2O3. The number of carbonyl (C=O) groups excluding carboxylic acids is 1. The Bertz CT molecular complexity index is 461. The Hall–Kier alpha value is -1.59. The number of nitrogens with zero attached hydrogens (tertiary/aromatic N) is 1. The number of hydrogen-bond acceptors (Lipinski definition) is 3. The number of hydrogen-bond donors (Lipinski definition) is 2. The van der Waals surface area contributed by atoms with Crippen LogP contribution in [0, 0.1) is 6.92 Å². The minimum absolute atomic E-state index is 0. The van der Waals surface area contributed by atoms with E-state index in [9.17, 15) is 9.59 Å². The maximum Gasteiger partial charge on any atom is 0.322 e. The van der Waals surface area contributed by atoms with Gasteiger partial charge in [-0.1, -0.05) is 17.7 Å². The van der Waals surface area contributed by atoms with Gasteiger partial charge in [0.05, 0.1) is 0 Å². The standard InChI is InChI=1S/C13H16N2O3.ClH/c1-9-2-4-10(5-3-9)12(16)15-7-6-14-11(8-15)13(17)18;/h2-5,11,14H,6-8H2,1H3,(H,17,18);1H. The number of amides is 1. The number of piperazine rings is 1. The van der Waals surface area contributed by atoms with E-state index in [4.69, 9.17) is 5.11 Å². The first kappa shape index (κ1) is 15.5. The molecule has 1 heterocycles. The molecule has 5 nitrogen and oxygen atoms in total. The summed E-state index contributed by atoms with van der Waals surface area (Å²) in [6.07, 6.45) is 0. The van der Waals surface area contributed by atoms with Crippen LogP contribution >= 0.6 is 12.4 Å². The summed E-state index contributed by atoms with van der Waals surface area (Å²) in [5.41, 5.74) is 1.70. The van der Waals surface area contributed by atoms with Crippen LogP contribution in [0.5, 0.6) is 0 Å². The number of rotatable bonds is 2. The molecule has 0 spiro atoms. The Kier molecular flexibility index (Phi) is 5.32. The van der Waals surface area contributed by atoms with Crippen molar-refractivity contribution >= 4 is 24.3 Å². The van der Waals surface area contributed by atoms with Gasteiger partial charge in [-0.05, 0) is 19.1 Å². The monoisotopic (exact) mass is 284 g/mol. The van der Waals surface area contributed by atoms with Crippen molar-refractivity contribution < 1.29 is 14.7 Å². The highest BCUT2D eigenvalue weighted by molar-refractivity contribution is 5.94. The quantitative estimate of drug-likeness (QED) is 0.847. The van der Waals surface area contributed by atoms with Gasteiger partial charge in [-0.2, -0.15) is 0 Å². The number of carbonyl (C=O) groups is 2. The van der Waals surface area contributed by atoms with E-state index in [1.54, 1.807) is 17.0 Å². The minimum Gasteiger partial charge on any atom is -0.480 e. The molecule has 6 heteroatoms. The number of halogens is 1. The Labute approximate surface area is 118 Å². The average Bonchev–Trinajstić information content (AvgIpc) is 2.39. The number of aryl methyl sites for hydroxylation is 1. The SMILES string of the molecule is Cc1ccc(C(=O)N2CCNC(C(=O)O)C2)cc1.Cl. The first-order chi connectivity index (χ1) is 8.58. The third-order valence-corrected chi connectivity index (χ3v) is 3.06. The van der Waals surface area contributed by atoms with Crippen LogP contribution in [0.25, 0.3) is 0 Å². The lowest BCUT2D eigenvalue weighted by molar-refractivity contribution is -0.140. The Morgan fingerprint density at radius 3 is 2.53 bits per heavy atom. The van der Waals surface area contributed by atoms with Crippen LogP contribution in [0.15, 0.2) is 24.3 Å². The predicted molar refractivity (Wildman–Crippen MR) is 73.8 cm³/mol. The van der Waals surface area contributed by atoms with Crippen molar-refractivity contribution in [2.75, 3.05) is 19.6 Å². The van der Waals surface area contributed by atoms with E-state index in [-0.39, 0.29) is 24.9 Å². The summed E-state index contributed by atoms with van der Waals surface area (Å²) < 4.78 is 0. The second kappa shape index (κ2) is 6.54. The van der Waals surface area contributed by atoms with E-state index in [0.717, 1.165) is 5.56 Å². The lowest BCUT2D eigenvalue weighted by Gasteiger charge is -2.31. The first-order valence-corrected chi connectivity index (χ1v) is 5.90. The van der Waals surface area contributed by atoms with E-state index < -0.39 is 12.0 Å². The van der Waals surface area contributed by atoms with Crippen molar-refractivity contribution in [3.8, 4) is 0 Å². The molecule has 2 N–H and O–H groups in total. The summed E-state index contributed by atoms with van der Waals surface area (Å²) in [4.78, 5) is 24.7. The molecule has 1 amide bonds. The van der Waals surface area contributed by atoms with Gasteiger partial charge in [-0.25, -0.2) is 0 Å². The summed E-state index contributed by atoms with van der Waals surface area (Å²) in [6, 6.07) is 6.63. The van der Waals surface area contributed by atoms with E-state index in [1.807, 2.05) is 19.1 Å². The van der Waals surface area contributed by atoms with Crippen LogP contribution in [-0.2, 0) is 4.79 Å². The molecule has 1 unspecified atom stereocenters. The van der Waals surface area contributed by atoms with Crippen molar-refractivity contribution in [3.05, 3.63) is 35.4 Å². The molecular weight excluding hydrogens is 268 g/mol. The molecule has 1 atom stereocenters. The van der Waals surface area contributed by atoms with Gasteiger partial charge >= 0.3 is 5.97 Å². The molecule has 0 aromatic heterocycles. The third-order valence-electron chi connectivity index (χ3n) is 3.06. The summed E-state index contributed by atoms with van der Waals surface area (Å²) in [6.45, 7) is 3.21. The second-order valence-electron chi connectivity index (χ2n) is 4.46. The van der Waals surface area contributed by atoms with E-state index >= 15 is 0 Å². The van der Waals surface area contributed by atoms with Gasteiger partial charge in [0.15, 0.2) is 0 Å². The normalized spacial score (nSPS) is 18.6. The third kappa shape index (κ3) is 3.68. The zero-order valence-corrected chi connectivity index (χ0v) is 11.4. The highest BCUT2D eigenvalue weighted by atomic mass is 35.5. The van der Waals surface area contributed by atoms with Crippen molar-refractivity contribution in [2.45, 2.75) is 13.0 Å². The highest BCUT2D eigenvalue weighted by Crippen LogP contribution is 2.09. The summed E-state index contributed by atoms with van der Waals surface area (Å²) >= 11 is 0. The van der Waals surface area contributed by atoms with Gasteiger partial charge in [0.25, 0.3) is 5.91 Å². The smallest absolute Gasteiger partial charge is 0.322 e. The molecule has 0 bridgehead atoms.